The molecule has 134 valence electrons. The molecular weight excluding hydrogens is 332 g/mol. The minimum atomic E-state index is -0.551. The lowest BCUT2D eigenvalue weighted by molar-refractivity contribution is -0.133. The second-order valence-electron chi connectivity index (χ2n) is 7.07. The van der Waals surface area contributed by atoms with Gasteiger partial charge in [-0.15, -0.1) is 0 Å². The molecule has 0 N–H and O–H groups in total. The number of likely N-dealkylation sites (tertiary alicyclic amines) is 1. The minimum absolute atomic E-state index is 0.142. The summed E-state index contributed by atoms with van der Waals surface area (Å²) in [6, 6.07) is 3.48. The van der Waals surface area contributed by atoms with Gasteiger partial charge >= 0.3 is 6.09 Å². The van der Waals surface area contributed by atoms with E-state index in [9.17, 15) is 9.59 Å². The van der Waals surface area contributed by atoms with Crippen molar-refractivity contribution in [2.45, 2.75) is 46.6 Å². The fourth-order valence-electron chi connectivity index (χ4n) is 1.98. The van der Waals surface area contributed by atoms with Crippen LogP contribution in [0.3, 0.4) is 0 Å². The molecule has 0 bridgehead atoms. The summed E-state index contributed by atoms with van der Waals surface area (Å²) in [5.41, 5.74) is -0.985. The van der Waals surface area contributed by atoms with Crippen molar-refractivity contribution in [1.29, 1.82) is 0 Å². The summed E-state index contributed by atoms with van der Waals surface area (Å²) in [5.74, 6) is 0.330. The Bertz CT molecular complexity index is 596. The normalized spacial score (nSPS) is 16.3. The molecule has 1 aliphatic heterocycles. The van der Waals surface area contributed by atoms with E-state index in [0.29, 0.717) is 23.9 Å². The number of imide groups is 1. The molecule has 1 fully saturated rings. The largest absolute Gasteiger partial charge is 0.480 e. The third-order valence-electron chi connectivity index (χ3n) is 3.32. The molecule has 2 heterocycles. The zero-order valence-electron chi connectivity index (χ0n) is 15.1. The molecule has 0 spiro atoms. The first kappa shape index (κ1) is 20.2. The topological polar surface area (TPSA) is 68.7 Å². The summed E-state index contributed by atoms with van der Waals surface area (Å²) < 4.78 is 9.95. The van der Waals surface area contributed by atoms with Gasteiger partial charge in [-0.3, -0.25) is 4.79 Å². The summed E-state index contributed by atoms with van der Waals surface area (Å²) in [7, 11) is 1.54. The van der Waals surface area contributed by atoms with Gasteiger partial charge in [0.1, 0.15) is 10.6 Å². The molecule has 0 aromatic carbocycles. The highest BCUT2D eigenvalue weighted by molar-refractivity contribution is 6.31. The lowest BCUT2D eigenvalue weighted by Crippen LogP contribution is -2.40. The van der Waals surface area contributed by atoms with E-state index < -0.39 is 17.1 Å². The van der Waals surface area contributed by atoms with Crippen LogP contribution in [0.15, 0.2) is 18.3 Å². The molecule has 1 aliphatic rings. The van der Waals surface area contributed by atoms with E-state index in [1.54, 1.807) is 39.1 Å². The maximum absolute atomic E-state index is 11.8. The number of hydrogen-bond acceptors (Lipinski definition) is 5. The summed E-state index contributed by atoms with van der Waals surface area (Å²) in [5, 5.41) is 0.542. The maximum atomic E-state index is 11.8. The number of hydrogen-bond donors (Lipinski definition) is 0. The van der Waals surface area contributed by atoms with Gasteiger partial charge in [0.15, 0.2) is 0 Å². The first-order valence-corrected chi connectivity index (χ1v) is 8.05. The smallest absolute Gasteiger partial charge is 0.417 e. The van der Waals surface area contributed by atoms with Crippen LogP contribution in [0, 0.1) is 5.41 Å². The van der Waals surface area contributed by atoms with Crippen molar-refractivity contribution in [3.05, 3.63) is 23.4 Å². The molecule has 2 rings (SSSR count). The number of methoxy groups -OCH3 is 1. The van der Waals surface area contributed by atoms with Crippen molar-refractivity contribution in [2.75, 3.05) is 13.7 Å². The molecule has 0 unspecified atom stereocenters. The van der Waals surface area contributed by atoms with Gasteiger partial charge in [-0.05, 0) is 39.3 Å². The third kappa shape index (κ3) is 5.67. The number of halogens is 1. The summed E-state index contributed by atoms with van der Waals surface area (Å²) in [6.45, 7) is 9.52. The number of amides is 2. The Morgan fingerprint density at radius 3 is 2.38 bits per heavy atom. The number of aromatic nitrogens is 1. The van der Waals surface area contributed by atoms with Crippen LogP contribution in [-0.2, 0) is 9.53 Å². The van der Waals surface area contributed by atoms with Gasteiger partial charge in [0.05, 0.1) is 7.11 Å². The summed E-state index contributed by atoms with van der Waals surface area (Å²) in [6.07, 6.45) is 1.80. The van der Waals surface area contributed by atoms with E-state index in [-0.39, 0.29) is 5.91 Å². The van der Waals surface area contributed by atoms with Crippen LogP contribution < -0.4 is 4.74 Å². The van der Waals surface area contributed by atoms with Gasteiger partial charge in [-0.1, -0.05) is 25.4 Å². The number of carbonyl (C=O) groups excluding carboxylic acids is 2. The van der Waals surface area contributed by atoms with Gasteiger partial charge in [-0.2, -0.15) is 0 Å². The Balaban J connectivity index is 0.000000272. The molecule has 2 amide bonds. The highest BCUT2D eigenvalue weighted by Gasteiger charge is 2.43. The van der Waals surface area contributed by atoms with Crippen LogP contribution >= 0.6 is 11.6 Å². The molecule has 1 aromatic heterocycles. The highest BCUT2D eigenvalue weighted by atomic mass is 35.5. The quantitative estimate of drug-likeness (QED) is 0.762. The van der Waals surface area contributed by atoms with E-state index in [2.05, 4.69) is 4.98 Å². The van der Waals surface area contributed by atoms with Crippen LogP contribution in [0.1, 0.15) is 41.0 Å². The molecule has 6 nitrogen and oxygen atoms in total. The molecule has 0 atom stereocenters. The number of ether oxygens (including phenoxy) is 2. The van der Waals surface area contributed by atoms with Gasteiger partial charge in [0.25, 0.3) is 0 Å². The van der Waals surface area contributed by atoms with Crippen molar-refractivity contribution in [2.24, 2.45) is 5.41 Å². The van der Waals surface area contributed by atoms with Gasteiger partial charge in [0, 0.05) is 18.2 Å². The van der Waals surface area contributed by atoms with Crippen molar-refractivity contribution >= 4 is 23.6 Å². The minimum Gasteiger partial charge on any atom is -0.480 e. The molecular formula is C17H25ClN2O4. The second-order valence-corrected chi connectivity index (χ2v) is 7.47. The predicted molar refractivity (Wildman–Crippen MR) is 92.1 cm³/mol. The second kappa shape index (κ2) is 7.83. The van der Waals surface area contributed by atoms with E-state index in [1.165, 1.54) is 12.0 Å². The van der Waals surface area contributed by atoms with Gasteiger partial charge < -0.3 is 9.47 Å². The lowest BCUT2D eigenvalue weighted by atomic mass is 9.92. The van der Waals surface area contributed by atoms with Crippen molar-refractivity contribution in [3.63, 3.8) is 0 Å². The van der Waals surface area contributed by atoms with Crippen molar-refractivity contribution in [1.82, 2.24) is 9.88 Å². The summed E-state index contributed by atoms with van der Waals surface area (Å²) >= 11 is 5.64. The fourth-order valence-corrected chi connectivity index (χ4v) is 2.18. The molecule has 1 aromatic rings. The first-order valence-electron chi connectivity index (χ1n) is 7.67. The molecule has 7 heteroatoms. The zero-order chi connectivity index (χ0) is 18.5. The summed E-state index contributed by atoms with van der Waals surface area (Å²) in [4.78, 5) is 28.5. The van der Waals surface area contributed by atoms with E-state index in [0.717, 1.165) is 0 Å². The third-order valence-corrected chi connectivity index (χ3v) is 3.60. The monoisotopic (exact) mass is 356 g/mol. The average Bonchev–Trinajstić information content (AvgIpc) is 2.73. The Kier molecular flexibility index (Phi) is 6.60. The van der Waals surface area contributed by atoms with Crippen molar-refractivity contribution in [3.8, 4) is 5.88 Å². The number of carbonyl (C=O) groups is 2. The number of pyridine rings is 1. The molecule has 0 saturated carbocycles. The van der Waals surface area contributed by atoms with Crippen LogP contribution in [0.25, 0.3) is 0 Å². The average molecular weight is 357 g/mol. The van der Waals surface area contributed by atoms with E-state index in [1.807, 2.05) is 13.8 Å². The Hall–Kier alpha value is -1.82. The van der Waals surface area contributed by atoms with Crippen LogP contribution in [-0.4, -0.2) is 41.1 Å². The lowest BCUT2D eigenvalue weighted by Gasteiger charge is -2.24. The van der Waals surface area contributed by atoms with Crippen LogP contribution in [0.4, 0.5) is 4.79 Å². The van der Waals surface area contributed by atoms with E-state index in [4.69, 9.17) is 21.1 Å². The highest BCUT2D eigenvalue weighted by Crippen LogP contribution is 2.31. The molecule has 0 aliphatic carbocycles. The van der Waals surface area contributed by atoms with E-state index >= 15 is 0 Å². The van der Waals surface area contributed by atoms with Crippen LogP contribution in [0.5, 0.6) is 5.88 Å². The SMILES string of the molecule is CC(C)(C)OC(=O)N1CCC(C)(C)C1=O.COc1ncccc1Cl. The maximum Gasteiger partial charge on any atom is 0.417 e. The van der Waals surface area contributed by atoms with Crippen molar-refractivity contribution < 1.29 is 19.1 Å². The predicted octanol–water partition coefficient (Wildman–Crippen LogP) is 3.92. The zero-order valence-corrected chi connectivity index (χ0v) is 15.8. The first-order chi connectivity index (χ1) is 11.0. The number of rotatable bonds is 1. The Morgan fingerprint density at radius 1 is 1.38 bits per heavy atom. The molecule has 0 radical (unpaired) electrons. The number of nitrogens with zero attached hydrogens (tertiary/aromatic N) is 2. The van der Waals surface area contributed by atoms with Crippen LogP contribution in [0.2, 0.25) is 5.02 Å². The molecule has 24 heavy (non-hydrogen) atoms. The van der Waals surface area contributed by atoms with Gasteiger partial charge in [0.2, 0.25) is 11.8 Å². The fraction of sp³-hybridized carbons (Fsp3) is 0.588. The Labute approximate surface area is 148 Å². The van der Waals surface area contributed by atoms with Gasteiger partial charge in [-0.25, -0.2) is 14.7 Å². The standard InChI is InChI=1S/C11H19NO3.C6H6ClNO/c1-10(2,3)15-9(14)12-7-6-11(4,5)8(12)13;1-9-6-5(7)3-2-4-8-6/h6-7H2,1-5H3;2-4H,1H3. The molecule has 1 saturated heterocycles. The Morgan fingerprint density at radius 2 is 2.00 bits per heavy atom.